The van der Waals surface area contributed by atoms with Crippen molar-refractivity contribution in [1.82, 2.24) is 4.90 Å². The molecule has 0 aromatic heterocycles. The zero-order valence-corrected chi connectivity index (χ0v) is 9.93. The van der Waals surface area contributed by atoms with Crippen LogP contribution in [0, 0.1) is 5.82 Å². The second-order valence-electron chi connectivity index (χ2n) is 4.25. The lowest BCUT2D eigenvalue weighted by molar-refractivity contribution is -0.130. The van der Waals surface area contributed by atoms with E-state index in [4.69, 9.17) is 0 Å². The van der Waals surface area contributed by atoms with Crippen molar-refractivity contribution in [3.05, 3.63) is 41.7 Å². The van der Waals surface area contributed by atoms with E-state index in [1.54, 1.807) is 23.1 Å². The Kier molecular flexibility index (Phi) is 3.87. The van der Waals surface area contributed by atoms with E-state index >= 15 is 0 Å². The fourth-order valence-corrected chi connectivity index (χ4v) is 1.86. The van der Waals surface area contributed by atoms with E-state index in [9.17, 15) is 14.0 Å². The van der Waals surface area contributed by atoms with E-state index in [1.807, 2.05) is 0 Å². The molecule has 1 aromatic carbocycles. The van der Waals surface area contributed by atoms with Crippen LogP contribution in [0.25, 0.3) is 6.08 Å². The molecule has 1 heterocycles. The Morgan fingerprint density at radius 1 is 1.28 bits per heavy atom. The number of halogens is 1. The molecule has 0 spiro atoms. The SMILES string of the molecule is O=C1CCN(C(=O)/C=C/c2cccc(F)c2)CC1. The highest BCUT2D eigenvalue weighted by atomic mass is 19.1. The molecule has 1 aliphatic rings. The van der Waals surface area contributed by atoms with Crippen molar-refractivity contribution >= 4 is 17.8 Å². The van der Waals surface area contributed by atoms with Crippen molar-refractivity contribution in [2.75, 3.05) is 13.1 Å². The molecule has 1 amide bonds. The number of piperidine rings is 1. The monoisotopic (exact) mass is 247 g/mol. The molecule has 1 aliphatic heterocycles. The van der Waals surface area contributed by atoms with Gasteiger partial charge in [0.15, 0.2) is 0 Å². The summed E-state index contributed by atoms with van der Waals surface area (Å²) in [4.78, 5) is 24.5. The maximum absolute atomic E-state index is 12.9. The summed E-state index contributed by atoms with van der Waals surface area (Å²) in [6, 6.07) is 6.05. The summed E-state index contributed by atoms with van der Waals surface area (Å²) in [7, 11) is 0. The molecule has 0 bridgehead atoms. The average molecular weight is 247 g/mol. The molecular weight excluding hydrogens is 233 g/mol. The van der Waals surface area contributed by atoms with Crippen LogP contribution in [-0.4, -0.2) is 29.7 Å². The van der Waals surface area contributed by atoms with Gasteiger partial charge in [0.25, 0.3) is 0 Å². The highest BCUT2D eigenvalue weighted by molar-refractivity contribution is 5.93. The first kappa shape index (κ1) is 12.5. The maximum atomic E-state index is 12.9. The van der Waals surface area contributed by atoms with Crippen LogP contribution < -0.4 is 0 Å². The Morgan fingerprint density at radius 2 is 2.00 bits per heavy atom. The average Bonchev–Trinajstić information content (AvgIpc) is 2.37. The standard InChI is InChI=1S/C14H14FNO2/c15-12-3-1-2-11(10-12)4-5-14(18)16-8-6-13(17)7-9-16/h1-5,10H,6-9H2/b5-4+. The van der Waals surface area contributed by atoms with E-state index in [2.05, 4.69) is 0 Å². The summed E-state index contributed by atoms with van der Waals surface area (Å²) in [5.41, 5.74) is 0.649. The zero-order chi connectivity index (χ0) is 13.0. The predicted molar refractivity (Wildman–Crippen MR) is 66.3 cm³/mol. The normalized spacial score (nSPS) is 16.3. The van der Waals surface area contributed by atoms with Crippen LogP contribution in [0.2, 0.25) is 0 Å². The van der Waals surface area contributed by atoms with Crippen LogP contribution in [0.5, 0.6) is 0 Å². The van der Waals surface area contributed by atoms with Crippen molar-refractivity contribution in [2.24, 2.45) is 0 Å². The van der Waals surface area contributed by atoms with E-state index in [-0.39, 0.29) is 17.5 Å². The number of likely N-dealkylation sites (tertiary alicyclic amines) is 1. The second kappa shape index (κ2) is 5.58. The summed E-state index contributed by atoms with van der Waals surface area (Å²) in [5.74, 6) is -0.256. The molecule has 0 N–H and O–H groups in total. The minimum absolute atomic E-state index is 0.133. The summed E-state index contributed by atoms with van der Waals surface area (Å²) in [6.07, 6.45) is 3.87. The molecule has 0 unspecified atom stereocenters. The number of rotatable bonds is 2. The second-order valence-corrected chi connectivity index (χ2v) is 4.25. The number of nitrogens with zero attached hydrogens (tertiary/aromatic N) is 1. The van der Waals surface area contributed by atoms with Crippen LogP contribution in [0.4, 0.5) is 4.39 Å². The quantitative estimate of drug-likeness (QED) is 0.750. The molecule has 94 valence electrons. The van der Waals surface area contributed by atoms with Crippen LogP contribution in [0.1, 0.15) is 18.4 Å². The number of carbonyl (C=O) groups excluding carboxylic acids is 2. The van der Waals surface area contributed by atoms with E-state index in [0.717, 1.165) is 0 Å². The lowest BCUT2D eigenvalue weighted by Gasteiger charge is -2.24. The van der Waals surface area contributed by atoms with Gasteiger partial charge in [0.2, 0.25) is 5.91 Å². The van der Waals surface area contributed by atoms with Crippen molar-refractivity contribution in [3.63, 3.8) is 0 Å². The number of ketones is 1. The Bertz CT molecular complexity index is 486. The number of hydrogen-bond acceptors (Lipinski definition) is 2. The highest BCUT2D eigenvalue weighted by Crippen LogP contribution is 2.09. The Labute approximate surface area is 105 Å². The maximum Gasteiger partial charge on any atom is 0.246 e. The molecule has 0 atom stereocenters. The van der Waals surface area contributed by atoms with Gasteiger partial charge >= 0.3 is 0 Å². The first-order valence-electron chi connectivity index (χ1n) is 5.89. The first-order chi connectivity index (χ1) is 8.65. The van der Waals surface area contributed by atoms with Gasteiger partial charge in [0.1, 0.15) is 11.6 Å². The molecule has 18 heavy (non-hydrogen) atoms. The molecular formula is C14H14FNO2. The summed E-state index contributed by atoms with van der Waals surface area (Å²) in [6.45, 7) is 0.955. The van der Waals surface area contributed by atoms with Gasteiger partial charge < -0.3 is 4.90 Å². The van der Waals surface area contributed by atoms with Gasteiger partial charge in [-0.1, -0.05) is 12.1 Å². The lowest BCUT2D eigenvalue weighted by Crippen LogP contribution is -2.37. The van der Waals surface area contributed by atoms with Crippen molar-refractivity contribution < 1.29 is 14.0 Å². The molecule has 3 nitrogen and oxygen atoms in total. The molecule has 0 aliphatic carbocycles. The van der Waals surface area contributed by atoms with Gasteiger partial charge in [0, 0.05) is 32.0 Å². The highest BCUT2D eigenvalue weighted by Gasteiger charge is 2.18. The molecule has 0 radical (unpaired) electrons. The number of Topliss-reactive ketones (excluding diaryl/α,β-unsaturated/α-hetero) is 1. The minimum atomic E-state index is -0.326. The Morgan fingerprint density at radius 3 is 2.67 bits per heavy atom. The Balaban J connectivity index is 1.96. The van der Waals surface area contributed by atoms with Crippen LogP contribution in [0.15, 0.2) is 30.3 Å². The third-order valence-electron chi connectivity index (χ3n) is 2.90. The lowest BCUT2D eigenvalue weighted by atomic mass is 10.1. The van der Waals surface area contributed by atoms with Gasteiger partial charge in [-0.05, 0) is 23.8 Å². The summed E-state index contributed by atoms with van der Waals surface area (Å²) in [5, 5.41) is 0. The smallest absolute Gasteiger partial charge is 0.246 e. The van der Waals surface area contributed by atoms with Gasteiger partial charge in [-0.15, -0.1) is 0 Å². The molecule has 1 fully saturated rings. The third kappa shape index (κ3) is 3.26. The number of benzene rings is 1. The van der Waals surface area contributed by atoms with Gasteiger partial charge in [0.05, 0.1) is 0 Å². The number of carbonyl (C=O) groups is 2. The van der Waals surface area contributed by atoms with Crippen molar-refractivity contribution in [1.29, 1.82) is 0 Å². The largest absolute Gasteiger partial charge is 0.338 e. The van der Waals surface area contributed by atoms with Crippen LogP contribution in [-0.2, 0) is 9.59 Å². The summed E-state index contributed by atoms with van der Waals surface area (Å²) >= 11 is 0. The molecule has 1 saturated heterocycles. The van der Waals surface area contributed by atoms with E-state index < -0.39 is 0 Å². The zero-order valence-electron chi connectivity index (χ0n) is 9.93. The molecule has 1 aromatic rings. The fourth-order valence-electron chi connectivity index (χ4n) is 1.86. The van der Waals surface area contributed by atoms with Crippen LogP contribution >= 0.6 is 0 Å². The fraction of sp³-hybridized carbons (Fsp3) is 0.286. The van der Waals surface area contributed by atoms with E-state index in [1.165, 1.54) is 18.2 Å². The van der Waals surface area contributed by atoms with Gasteiger partial charge in [-0.3, -0.25) is 9.59 Å². The first-order valence-corrected chi connectivity index (χ1v) is 5.89. The number of amides is 1. The Hall–Kier alpha value is -1.97. The van der Waals surface area contributed by atoms with Gasteiger partial charge in [-0.2, -0.15) is 0 Å². The van der Waals surface area contributed by atoms with Gasteiger partial charge in [-0.25, -0.2) is 4.39 Å². The molecule has 4 heteroatoms. The molecule has 0 saturated carbocycles. The third-order valence-corrected chi connectivity index (χ3v) is 2.90. The minimum Gasteiger partial charge on any atom is -0.338 e. The number of hydrogen-bond donors (Lipinski definition) is 0. The predicted octanol–water partition coefficient (Wildman–Crippen LogP) is 2.03. The van der Waals surface area contributed by atoms with Crippen LogP contribution in [0.3, 0.4) is 0 Å². The summed E-state index contributed by atoms with van der Waals surface area (Å²) < 4.78 is 12.9. The topological polar surface area (TPSA) is 37.4 Å². The van der Waals surface area contributed by atoms with Crippen molar-refractivity contribution in [3.8, 4) is 0 Å². The van der Waals surface area contributed by atoms with Crippen molar-refractivity contribution in [2.45, 2.75) is 12.8 Å². The van der Waals surface area contributed by atoms with E-state index in [0.29, 0.717) is 31.5 Å². The molecule has 2 rings (SSSR count).